The first kappa shape index (κ1) is 19.2. The first-order valence-electron chi connectivity index (χ1n) is 8.04. The van der Waals surface area contributed by atoms with E-state index in [0.29, 0.717) is 26.2 Å². The van der Waals surface area contributed by atoms with Gasteiger partial charge in [0.15, 0.2) is 0 Å². The van der Waals surface area contributed by atoms with E-state index in [2.05, 4.69) is 10.2 Å². The Morgan fingerprint density at radius 1 is 1.29 bits per heavy atom. The number of likely N-dealkylation sites (N-methyl/N-ethyl adjacent to an activating group) is 1. The molecule has 1 fully saturated rings. The molecule has 134 valence electrons. The highest BCUT2D eigenvalue weighted by atomic mass is 35.5. The summed E-state index contributed by atoms with van der Waals surface area (Å²) in [5.74, 6) is -0.357. The van der Waals surface area contributed by atoms with Crippen LogP contribution < -0.4 is 5.32 Å². The van der Waals surface area contributed by atoms with Crippen LogP contribution in [0.2, 0.25) is 5.02 Å². The number of hydrogen-bond acceptors (Lipinski definition) is 4. The SMILES string of the molecule is CCC(C)NC(=O)c1cc(S(=O)(=O)N2CCN(C)CC2)ccc1Cl. The van der Waals surface area contributed by atoms with E-state index in [1.165, 1.54) is 22.5 Å². The Bertz CT molecular complexity index is 701. The van der Waals surface area contributed by atoms with Crippen molar-refractivity contribution in [2.45, 2.75) is 31.2 Å². The van der Waals surface area contributed by atoms with Crippen LogP contribution in [0, 0.1) is 0 Å². The van der Waals surface area contributed by atoms with Crippen molar-refractivity contribution < 1.29 is 13.2 Å². The lowest BCUT2D eigenvalue weighted by atomic mass is 10.2. The molecule has 0 spiro atoms. The molecule has 0 aromatic heterocycles. The number of carbonyl (C=O) groups is 1. The van der Waals surface area contributed by atoms with E-state index in [-0.39, 0.29) is 27.4 Å². The molecule has 1 aliphatic rings. The van der Waals surface area contributed by atoms with Crippen LogP contribution in [-0.4, -0.2) is 62.8 Å². The van der Waals surface area contributed by atoms with Gasteiger partial charge in [-0.2, -0.15) is 4.31 Å². The Balaban J connectivity index is 2.28. The van der Waals surface area contributed by atoms with Crippen molar-refractivity contribution in [2.75, 3.05) is 33.2 Å². The van der Waals surface area contributed by atoms with E-state index >= 15 is 0 Å². The van der Waals surface area contributed by atoms with Crippen molar-refractivity contribution in [3.05, 3.63) is 28.8 Å². The Hall–Kier alpha value is -1.15. The molecule has 6 nitrogen and oxygen atoms in total. The van der Waals surface area contributed by atoms with Crippen molar-refractivity contribution in [1.29, 1.82) is 0 Å². The second kappa shape index (κ2) is 7.82. The van der Waals surface area contributed by atoms with Gasteiger partial charge in [0.25, 0.3) is 5.91 Å². The molecule has 1 atom stereocenters. The number of benzene rings is 1. The summed E-state index contributed by atoms with van der Waals surface area (Å²) < 4.78 is 27.0. The van der Waals surface area contributed by atoms with Crippen LogP contribution in [0.4, 0.5) is 0 Å². The van der Waals surface area contributed by atoms with E-state index in [4.69, 9.17) is 11.6 Å². The molecule has 1 aliphatic heterocycles. The number of hydrogen-bond donors (Lipinski definition) is 1. The Labute approximate surface area is 148 Å². The second-order valence-electron chi connectivity index (χ2n) is 6.13. The maximum atomic E-state index is 12.8. The highest BCUT2D eigenvalue weighted by Crippen LogP contribution is 2.24. The molecular weight excluding hydrogens is 350 g/mol. The molecule has 0 bridgehead atoms. The van der Waals surface area contributed by atoms with Gasteiger partial charge in [0, 0.05) is 32.2 Å². The third-order valence-corrected chi connectivity index (χ3v) is 6.50. The Morgan fingerprint density at radius 3 is 2.50 bits per heavy atom. The molecule has 2 rings (SSSR count). The number of amides is 1. The van der Waals surface area contributed by atoms with Gasteiger partial charge >= 0.3 is 0 Å². The predicted molar refractivity (Wildman–Crippen MR) is 94.9 cm³/mol. The molecule has 1 unspecified atom stereocenters. The summed E-state index contributed by atoms with van der Waals surface area (Å²) in [4.78, 5) is 14.5. The van der Waals surface area contributed by atoms with Gasteiger partial charge in [-0.05, 0) is 38.6 Å². The average Bonchev–Trinajstić information content (AvgIpc) is 2.55. The molecule has 8 heteroatoms. The quantitative estimate of drug-likeness (QED) is 0.854. The van der Waals surface area contributed by atoms with Crippen LogP contribution in [0.5, 0.6) is 0 Å². The number of rotatable bonds is 5. The molecule has 1 saturated heterocycles. The molecule has 1 amide bonds. The number of nitrogens with one attached hydrogen (secondary N) is 1. The van der Waals surface area contributed by atoms with Gasteiger partial charge in [0.1, 0.15) is 0 Å². The highest BCUT2D eigenvalue weighted by molar-refractivity contribution is 7.89. The Kier molecular flexibility index (Phi) is 6.25. The third-order valence-electron chi connectivity index (χ3n) is 4.27. The fourth-order valence-electron chi connectivity index (χ4n) is 2.42. The zero-order chi connectivity index (χ0) is 17.9. The number of nitrogens with zero attached hydrogens (tertiary/aromatic N) is 2. The number of carbonyl (C=O) groups excluding carboxylic acids is 1. The first-order valence-corrected chi connectivity index (χ1v) is 9.86. The zero-order valence-corrected chi connectivity index (χ0v) is 15.8. The summed E-state index contributed by atoms with van der Waals surface area (Å²) >= 11 is 6.10. The van der Waals surface area contributed by atoms with Crippen molar-refractivity contribution >= 4 is 27.5 Å². The molecule has 1 heterocycles. The second-order valence-corrected chi connectivity index (χ2v) is 8.48. The van der Waals surface area contributed by atoms with E-state index in [0.717, 1.165) is 6.42 Å². The molecular formula is C16H24ClN3O3S. The summed E-state index contributed by atoms with van der Waals surface area (Å²) in [5.41, 5.74) is 0.187. The van der Waals surface area contributed by atoms with E-state index in [1.54, 1.807) is 0 Å². The summed E-state index contributed by atoms with van der Waals surface area (Å²) in [6.07, 6.45) is 0.780. The molecule has 24 heavy (non-hydrogen) atoms. The average molecular weight is 374 g/mol. The van der Waals surface area contributed by atoms with Crippen LogP contribution in [0.3, 0.4) is 0 Å². The fourth-order valence-corrected chi connectivity index (χ4v) is 4.07. The van der Waals surface area contributed by atoms with Crippen molar-refractivity contribution in [3.8, 4) is 0 Å². The van der Waals surface area contributed by atoms with E-state index in [1.807, 2.05) is 20.9 Å². The molecule has 1 aromatic carbocycles. The lowest BCUT2D eigenvalue weighted by molar-refractivity contribution is 0.0939. The van der Waals surface area contributed by atoms with Gasteiger partial charge in [-0.15, -0.1) is 0 Å². The van der Waals surface area contributed by atoms with Crippen LogP contribution in [0.15, 0.2) is 23.1 Å². The van der Waals surface area contributed by atoms with Crippen LogP contribution >= 0.6 is 11.6 Å². The molecule has 0 saturated carbocycles. The maximum absolute atomic E-state index is 12.8. The van der Waals surface area contributed by atoms with Gasteiger partial charge < -0.3 is 10.2 Å². The summed E-state index contributed by atoms with van der Waals surface area (Å²) in [5, 5.41) is 3.06. The minimum Gasteiger partial charge on any atom is -0.350 e. The summed E-state index contributed by atoms with van der Waals surface area (Å²) in [6, 6.07) is 4.28. The molecule has 1 aromatic rings. The third kappa shape index (κ3) is 4.27. The van der Waals surface area contributed by atoms with E-state index in [9.17, 15) is 13.2 Å². The van der Waals surface area contributed by atoms with Crippen molar-refractivity contribution in [2.24, 2.45) is 0 Å². The minimum absolute atomic E-state index is 0.00791. The smallest absolute Gasteiger partial charge is 0.253 e. The van der Waals surface area contributed by atoms with Gasteiger partial charge in [0.2, 0.25) is 10.0 Å². The van der Waals surface area contributed by atoms with Crippen LogP contribution in [0.25, 0.3) is 0 Å². The zero-order valence-electron chi connectivity index (χ0n) is 14.3. The summed E-state index contributed by atoms with van der Waals surface area (Å²) in [7, 11) is -1.66. The maximum Gasteiger partial charge on any atom is 0.253 e. The normalized spacial score (nSPS) is 18.3. The fraction of sp³-hybridized carbons (Fsp3) is 0.562. The van der Waals surface area contributed by atoms with Gasteiger partial charge in [-0.25, -0.2) is 8.42 Å². The standard InChI is InChI=1S/C16H24ClN3O3S/c1-4-12(2)18-16(21)14-11-13(5-6-15(14)17)24(22,23)20-9-7-19(3)8-10-20/h5-6,11-12H,4,7-10H2,1-3H3,(H,18,21). The topological polar surface area (TPSA) is 69.7 Å². The lowest BCUT2D eigenvalue weighted by Gasteiger charge is -2.31. The predicted octanol–water partition coefficient (Wildman–Crippen LogP) is 1.80. The number of piperazine rings is 1. The van der Waals surface area contributed by atoms with Crippen LogP contribution in [-0.2, 0) is 10.0 Å². The lowest BCUT2D eigenvalue weighted by Crippen LogP contribution is -2.47. The minimum atomic E-state index is -3.62. The summed E-state index contributed by atoms with van der Waals surface area (Å²) in [6.45, 7) is 6.10. The van der Waals surface area contributed by atoms with Gasteiger partial charge in [-0.1, -0.05) is 18.5 Å². The molecule has 1 N–H and O–H groups in total. The van der Waals surface area contributed by atoms with Crippen molar-refractivity contribution in [3.63, 3.8) is 0 Å². The van der Waals surface area contributed by atoms with Crippen molar-refractivity contribution in [1.82, 2.24) is 14.5 Å². The number of sulfonamides is 1. The molecule has 0 aliphatic carbocycles. The monoisotopic (exact) mass is 373 g/mol. The van der Waals surface area contributed by atoms with Crippen LogP contribution in [0.1, 0.15) is 30.6 Å². The van der Waals surface area contributed by atoms with Gasteiger partial charge in [0.05, 0.1) is 15.5 Å². The van der Waals surface area contributed by atoms with E-state index < -0.39 is 10.0 Å². The Morgan fingerprint density at radius 2 is 1.92 bits per heavy atom. The first-order chi connectivity index (χ1) is 11.3. The largest absolute Gasteiger partial charge is 0.350 e. The molecule has 0 radical (unpaired) electrons. The highest BCUT2D eigenvalue weighted by Gasteiger charge is 2.28. The number of halogens is 1. The van der Waals surface area contributed by atoms with Gasteiger partial charge in [-0.3, -0.25) is 4.79 Å².